The molecular formula is C19H20F3N3O2S. The largest absolute Gasteiger partial charge is 0.449 e. The molecule has 2 bridgehead atoms. The van der Waals surface area contributed by atoms with Crippen LogP contribution >= 0.6 is 11.3 Å². The quantitative estimate of drug-likeness (QED) is 0.781. The van der Waals surface area contributed by atoms with Gasteiger partial charge in [-0.1, -0.05) is 12.1 Å². The number of thiazole rings is 1. The number of carbonyl (C=O) groups excluding carboxylic acids is 1. The fourth-order valence-electron chi connectivity index (χ4n) is 3.84. The Morgan fingerprint density at radius 2 is 1.96 bits per heavy atom. The Bertz CT molecular complexity index is 846. The predicted octanol–water partition coefficient (Wildman–Crippen LogP) is 4.86. The molecule has 5 rings (SSSR count). The second kappa shape index (κ2) is 7.36. The zero-order valence-electron chi connectivity index (χ0n) is 15.1. The van der Waals surface area contributed by atoms with E-state index in [1.807, 2.05) is 0 Å². The van der Waals surface area contributed by atoms with E-state index in [2.05, 4.69) is 15.2 Å². The number of anilines is 1. The summed E-state index contributed by atoms with van der Waals surface area (Å²) in [6, 6.07) is 4.97. The lowest BCUT2D eigenvalue weighted by Crippen LogP contribution is -2.50. The van der Waals surface area contributed by atoms with Crippen molar-refractivity contribution >= 4 is 23.2 Å². The molecule has 1 amide bonds. The normalized spacial score (nSPS) is 24.2. The second-order valence-corrected chi connectivity index (χ2v) is 8.26. The van der Waals surface area contributed by atoms with Gasteiger partial charge in [0, 0.05) is 5.41 Å². The maximum Gasteiger partial charge on any atom is 0.416 e. The number of hydrogen-bond donors (Lipinski definition) is 1. The van der Waals surface area contributed by atoms with Crippen molar-refractivity contribution in [1.29, 1.82) is 0 Å². The summed E-state index contributed by atoms with van der Waals surface area (Å²) in [5, 5.41) is 2.59. The smallest absolute Gasteiger partial charge is 0.416 e. The Hall–Kier alpha value is -2.13. The molecule has 0 saturated carbocycles. The first-order valence-corrected chi connectivity index (χ1v) is 10.00. The van der Waals surface area contributed by atoms with Crippen LogP contribution in [0.4, 0.5) is 23.8 Å². The molecule has 0 atom stereocenters. The molecule has 1 aromatic carbocycles. The predicted molar refractivity (Wildman–Crippen MR) is 100 cm³/mol. The van der Waals surface area contributed by atoms with Crippen LogP contribution in [0.2, 0.25) is 0 Å². The van der Waals surface area contributed by atoms with E-state index in [1.54, 1.807) is 6.07 Å². The van der Waals surface area contributed by atoms with Gasteiger partial charge in [-0.2, -0.15) is 13.2 Å². The lowest BCUT2D eigenvalue weighted by molar-refractivity contribution is -0.137. The minimum Gasteiger partial charge on any atom is -0.449 e. The van der Waals surface area contributed by atoms with Gasteiger partial charge in [0.25, 0.3) is 0 Å². The lowest BCUT2D eigenvalue weighted by Gasteiger charge is -2.47. The van der Waals surface area contributed by atoms with Crippen molar-refractivity contribution in [3.63, 3.8) is 0 Å². The number of benzene rings is 1. The summed E-state index contributed by atoms with van der Waals surface area (Å²) in [7, 11) is 0. The number of rotatable bonds is 4. The first kappa shape index (κ1) is 19.2. The third-order valence-corrected chi connectivity index (χ3v) is 6.50. The van der Waals surface area contributed by atoms with E-state index in [0.29, 0.717) is 17.0 Å². The summed E-state index contributed by atoms with van der Waals surface area (Å²) in [4.78, 5) is 19.2. The highest BCUT2D eigenvalue weighted by Crippen LogP contribution is 2.40. The monoisotopic (exact) mass is 411 g/mol. The fourth-order valence-corrected chi connectivity index (χ4v) is 4.58. The molecule has 150 valence electrons. The minimum absolute atomic E-state index is 0.0536. The van der Waals surface area contributed by atoms with Gasteiger partial charge in [-0.25, -0.2) is 9.78 Å². The molecule has 0 spiro atoms. The van der Waals surface area contributed by atoms with Crippen LogP contribution in [0, 0.1) is 5.41 Å². The van der Waals surface area contributed by atoms with E-state index in [-0.39, 0.29) is 11.2 Å². The summed E-state index contributed by atoms with van der Waals surface area (Å²) in [6.07, 6.45) is -1.99. The standard InChI is InChI=1S/C19H20F3N3O2S/c20-19(21,22)14-3-1-2-13(10-14)15-16(23-12-28-15)24-17(26)27-11-18-4-7-25(8-5-18)9-6-18/h1-3,10,12H,4-9,11H2,(H,24,26). The van der Waals surface area contributed by atoms with Crippen molar-refractivity contribution in [2.45, 2.75) is 25.4 Å². The molecule has 0 radical (unpaired) electrons. The summed E-state index contributed by atoms with van der Waals surface area (Å²) < 4.78 is 44.4. The van der Waals surface area contributed by atoms with Gasteiger partial charge < -0.3 is 9.64 Å². The van der Waals surface area contributed by atoms with Crippen molar-refractivity contribution in [1.82, 2.24) is 9.88 Å². The molecule has 0 aliphatic carbocycles. The van der Waals surface area contributed by atoms with E-state index in [0.717, 1.165) is 51.0 Å². The van der Waals surface area contributed by atoms with Crippen LogP contribution in [-0.2, 0) is 10.9 Å². The van der Waals surface area contributed by atoms with Crippen molar-refractivity contribution in [3.05, 3.63) is 35.3 Å². The average molecular weight is 411 g/mol. The first-order valence-electron chi connectivity index (χ1n) is 9.12. The van der Waals surface area contributed by atoms with Crippen LogP contribution in [0.3, 0.4) is 0 Å². The Balaban J connectivity index is 1.42. The van der Waals surface area contributed by atoms with E-state index in [9.17, 15) is 18.0 Å². The van der Waals surface area contributed by atoms with E-state index in [1.165, 1.54) is 22.9 Å². The Kier molecular flexibility index (Phi) is 5.05. The zero-order valence-corrected chi connectivity index (χ0v) is 15.9. The molecule has 2 aromatic rings. The number of ether oxygens (including phenoxy) is 1. The topological polar surface area (TPSA) is 54.5 Å². The highest BCUT2D eigenvalue weighted by molar-refractivity contribution is 7.13. The lowest BCUT2D eigenvalue weighted by atomic mass is 9.73. The molecule has 5 nitrogen and oxygen atoms in total. The Morgan fingerprint density at radius 1 is 1.25 bits per heavy atom. The maximum absolute atomic E-state index is 13.0. The van der Waals surface area contributed by atoms with Crippen LogP contribution in [0.5, 0.6) is 0 Å². The van der Waals surface area contributed by atoms with E-state index in [4.69, 9.17) is 4.74 Å². The summed E-state index contributed by atoms with van der Waals surface area (Å²) in [5.74, 6) is 0.213. The van der Waals surface area contributed by atoms with E-state index < -0.39 is 17.8 Å². The molecule has 1 N–H and O–H groups in total. The van der Waals surface area contributed by atoms with Crippen molar-refractivity contribution in [2.75, 3.05) is 31.6 Å². The van der Waals surface area contributed by atoms with Crippen LogP contribution in [0.1, 0.15) is 24.8 Å². The van der Waals surface area contributed by atoms with Gasteiger partial charge in [0.15, 0.2) is 5.82 Å². The van der Waals surface area contributed by atoms with Gasteiger partial charge >= 0.3 is 12.3 Å². The highest BCUT2D eigenvalue weighted by Gasteiger charge is 2.40. The van der Waals surface area contributed by atoms with Crippen LogP contribution in [0.25, 0.3) is 10.4 Å². The Morgan fingerprint density at radius 3 is 2.64 bits per heavy atom. The molecule has 3 saturated heterocycles. The van der Waals surface area contributed by atoms with Crippen LogP contribution in [0.15, 0.2) is 29.8 Å². The SMILES string of the molecule is O=C(Nc1ncsc1-c1cccc(C(F)(F)F)c1)OCC12CCN(CC1)CC2. The van der Waals surface area contributed by atoms with Crippen LogP contribution in [-0.4, -0.2) is 42.2 Å². The molecule has 0 unspecified atom stereocenters. The fraction of sp³-hybridized carbons (Fsp3) is 0.474. The minimum atomic E-state index is -4.43. The molecule has 9 heteroatoms. The van der Waals surface area contributed by atoms with Gasteiger partial charge in [0.1, 0.15) is 0 Å². The number of fused-ring (bicyclic) bond motifs is 3. The number of nitrogens with one attached hydrogen (secondary N) is 1. The van der Waals surface area contributed by atoms with Crippen molar-refractivity contribution in [2.24, 2.45) is 5.41 Å². The zero-order chi connectivity index (χ0) is 19.8. The summed E-state index contributed by atoms with van der Waals surface area (Å²) in [5.41, 5.74) is 1.15. The van der Waals surface area contributed by atoms with E-state index >= 15 is 0 Å². The molecule has 3 aliphatic heterocycles. The molecule has 3 fully saturated rings. The van der Waals surface area contributed by atoms with Gasteiger partial charge in [-0.3, -0.25) is 5.32 Å². The van der Waals surface area contributed by atoms with Crippen molar-refractivity contribution < 1.29 is 22.7 Å². The van der Waals surface area contributed by atoms with Gasteiger partial charge in [0.05, 0.1) is 22.6 Å². The number of amides is 1. The third-order valence-electron chi connectivity index (χ3n) is 5.62. The molecule has 3 aliphatic rings. The number of hydrogen-bond acceptors (Lipinski definition) is 5. The number of halogens is 3. The molecular weight excluding hydrogens is 391 g/mol. The average Bonchev–Trinajstić information content (AvgIpc) is 3.15. The number of piperidine rings is 3. The highest BCUT2D eigenvalue weighted by atomic mass is 32.1. The molecule has 4 heterocycles. The molecule has 28 heavy (non-hydrogen) atoms. The molecule has 1 aromatic heterocycles. The van der Waals surface area contributed by atoms with Gasteiger partial charge in [0.2, 0.25) is 0 Å². The number of carbonyl (C=O) groups is 1. The van der Waals surface area contributed by atoms with Crippen LogP contribution < -0.4 is 5.32 Å². The van der Waals surface area contributed by atoms with Gasteiger partial charge in [-0.05, 0) is 56.6 Å². The number of nitrogens with zero attached hydrogens (tertiary/aromatic N) is 2. The third kappa shape index (κ3) is 4.00. The maximum atomic E-state index is 13.0. The first-order chi connectivity index (χ1) is 13.3. The Labute approximate surface area is 164 Å². The second-order valence-electron chi connectivity index (χ2n) is 7.40. The number of alkyl halides is 3. The van der Waals surface area contributed by atoms with Gasteiger partial charge in [-0.15, -0.1) is 11.3 Å². The summed E-state index contributed by atoms with van der Waals surface area (Å²) in [6.45, 7) is 3.47. The summed E-state index contributed by atoms with van der Waals surface area (Å²) >= 11 is 1.17. The van der Waals surface area contributed by atoms with Crippen molar-refractivity contribution in [3.8, 4) is 10.4 Å². The number of aromatic nitrogens is 1.